The molecule has 0 aromatic heterocycles. The van der Waals surface area contributed by atoms with Crippen LogP contribution in [0.3, 0.4) is 0 Å². The second-order valence-electron chi connectivity index (χ2n) is 3.04. The SMILES string of the molecule is CCCCCN=NC1=C(O)COC1=O. The van der Waals surface area contributed by atoms with Crippen molar-refractivity contribution in [3.63, 3.8) is 0 Å². The molecule has 0 fully saturated rings. The lowest BCUT2D eigenvalue weighted by atomic mass is 10.3. The van der Waals surface area contributed by atoms with Crippen LogP contribution in [0.4, 0.5) is 0 Å². The Balaban J connectivity index is 2.36. The van der Waals surface area contributed by atoms with Gasteiger partial charge in [0, 0.05) is 0 Å². The average Bonchev–Trinajstić information content (AvgIpc) is 2.48. The summed E-state index contributed by atoms with van der Waals surface area (Å²) < 4.78 is 4.54. The quantitative estimate of drug-likeness (QED) is 0.417. The maximum Gasteiger partial charge on any atom is 0.362 e. The van der Waals surface area contributed by atoms with Crippen molar-refractivity contribution in [1.82, 2.24) is 0 Å². The largest absolute Gasteiger partial charge is 0.506 e. The number of nitrogens with zero attached hydrogens (tertiary/aromatic N) is 2. The molecule has 1 aliphatic heterocycles. The lowest BCUT2D eigenvalue weighted by molar-refractivity contribution is -0.136. The molecule has 5 heteroatoms. The van der Waals surface area contributed by atoms with Gasteiger partial charge in [-0.2, -0.15) is 5.11 Å². The molecule has 0 amide bonds. The van der Waals surface area contributed by atoms with Crippen LogP contribution in [0.2, 0.25) is 0 Å². The van der Waals surface area contributed by atoms with E-state index in [1.165, 1.54) is 0 Å². The summed E-state index contributed by atoms with van der Waals surface area (Å²) in [4.78, 5) is 10.9. The molecule has 14 heavy (non-hydrogen) atoms. The van der Waals surface area contributed by atoms with E-state index >= 15 is 0 Å². The second-order valence-corrected chi connectivity index (χ2v) is 3.04. The molecule has 0 bridgehead atoms. The van der Waals surface area contributed by atoms with Crippen LogP contribution in [0.15, 0.2) is 21.7 Å². The molecule has 5 nitrogen and oxygen atoms in total. The second kappa shape index (κ2) is 5.36. The fraction of sp³-hybridized carbons (Fsp3) is 0.667. The minimum atomic E-state index is -0.596. The molecule has 1 aliphatic rings. The summed E-state index contributed by atoms with van der Waals surface area (Å²) >= 11 is 0. The van der Waals surface area contributed by atoms with Gasteiger partial charge in [-0.3, -0.25) is 0 Å². The highest BCUT2D eigenvalue weighted by atomic mass is 16.5. The van der Waals surface area contributed by atoms with E-state index in [-0.39, 0.29) is 18.1 Å². The van der Waals surface area contributed by atoms with Gasteiger partial charge in [-0.1, -0.05) is 19.8 Å². The summed E-state index contributed by atoms with van der Waals surface area (Å²) in [7, 11) is 0. The van der Waals surface area contributed by atoms with Crippen molar-refractivity contribution in [2.75, 3.05) is 13.2 Å². The van der Waals surface area contributed by atoms with E-state index in [0.717, 1.165) is 19.3 Å². The van der Waals surface area contributed by atoms with E-state index in [4.69, 9.17) is 5.11 Å². The first-order chi connectivity index (χ1) is 6.75. The Morgan fingerprint density at radius 3 is 2.86 bits per heavy atom. The predicted octanol–water partition coefficient (Wildman–Crippen LogP) is 1.96. The van der Waals surface area contributed by atoms with Crippen LogP contribution in [0.1, 0.15) is 26.2 Å². The molecule has 0 saturated carbocycles. The number of aliphatic hydroxyl groups excluding tert-OH is 1. The molecule has 0 atom stereocenters. The summed E-state index contributed by atoms with van der Waals surface area (Å²) in [6, 6.07) is 0. The minimum absolute atomic E-state index is 0.0542. The molecular formula is C9H14N2O3. The summed E-state index contributed by atoms with van der Waals surface area (Å²) in [5.74, 6) is -0.726. The van der Waals surface area contributed by atoms with Gasteiger partial charge < -0.3 is 9.84 Å². The number of ether oxygens (including phenoxy) is 1. The first-order valence-corrected chi connectivity index (χ1v) is 4.72. The highest BCUT2D eigenvalue weighted by Gasteiger charge is 2.24. The highest BCUT2D eigenvalue weighted by Crippen LogP contribution is 2.14. The Bertz CT molecular complexity index is 271. The lowest BCUT2D eigenvalue weighted by Crippen LogP contribution is -1.96. The van der Waals surface area contributed by atoms with Gasteiger partial charge in [0.05, 0.1) is 6.54 Å². The molecule has 78 valence electrons. The Morgan fingerprint density at radius 1 is 1.50 bits per heavy atom. The normalized spacial score (nSPS) is 16.8. The standard InChI is InChI=1S/C9H14N2O3/c1-2-3-4-5-10-11-8-7(12)6-14-9(8)13/h12H,2-6H2,1H3. The minimum Gasteiger partial charge on any atom is -0.506 e. The van der Waals surface area contributed by atoms with Crippen molar-refractivity contribution in [3.8, 4) is 0 Å². The van der Waals surface area contributed by atoms with Gasteiger partial charge in [-0.05, 0) is 6.42 Å². The molecule has 0 aliphatic carbocycles. The first-order valence-electron chi connectivity index (χ1n) is 4.72. The van der Waals surface area contributed by atoms with Crippen LogP contribution < -0.4 is 0 Å². The molecule has 0 spiro atoms. The lowest BCUT2D eigenvalue weighted by Gasteiger charge is -1.91. The Labute approximate surface area is 82.5 Å². The molecule has 1 heterocycles. The average molecular weight is 198 g/mol. The van der Waals surface area contributed by atoms with Gasteiger partial charge in [-0.25, -0.2) is 4.79 Å². The van der Waals surface area contributed by atoms with Crippen LogP contribution in [0.5, 0.6) is 0 Å². The third kappa shape index (κ3) is 2.83. The topological polar surface area (TPSA) is 71.2 Å². The van der Waals surface area contributed by atoms with Crippen molar-refractivity contribution in [3.05, 3.63) is 11.5 Å². The third-order valence-electron chi connectivity index (χ3n) is 1.84. The van der Waals surface area contributed by atoms with E-state index in [2.05, 4.69) is 21.9 Å². The van der Waals surface area contributed by atoms with Crippen LogP contribution in [0.25, 0.3) is 0 Å². The number of cyclic esters (lactones) is 1. The fourth-order valence-electron chi connectivity index (χ4n) is 1.04. The number of carbonyl (C=O) groups excluding carboxylic acids is 1. The smallest absolute Gasteiger partial charge is 0.362 e. The van der Waals surface area contributed by atoms with Gasteiger partial charge in [-0.15, -0.1) is 5.11 Å². The van der Waals surface area contributed by atoms with Gasteiger partial charge in [0.25, 0.3) is 0 Å². The van der Waals surface area contributed by atoms with Crippen molar-refractivity contribution < 1.29 is 14.6 Å². The summed E-state index contributed by atoms with van der Waals surface area (Å²) in [6.07, 6.45) is 3.16. The van der Waals surface area contributed by atoms with E-state index in [1.54, 1.807) is 0 Å². The van der Waals surface area contributed by atoms with Crippen molar-refractivity contribution in [2.24, 2.45) is 10.2 Å². The van der Waals surface area contributed by atoms with E-state index in [0.29, 0.717) is 6.54 Å². The fourth-order valence-corrected chi connectivity index (χ4v) is 1.04. The zero-order chi connectivity index (χ0) is 10.4. The number of azo groups is 1. The molecule has 0 aromatic carbocycles. The molecular weight excluding hydrogens is 184 g/mol. The molecule has 0 radical (unpaired) electrons. The molecule has 1 rings (SSSR count). The maximum atomic E-state index is 10.9. The number of rotatable bonds is 5. The number of hydrogen-bond acceptors (Lipinski definition) is 5. The third-order valence-corrected chi connectivity index (χ3v) is 1.84. The summed E-state index contributed by atoms with van der Waals surface area (Å²) in [6.45, 7) is 2.60. The van der Waals surface area contributed by atoms with Crippen LogP contribution >= 0.6 is 0 Å². The van der Waals surface area contributed by atoms with Gasteiger partial charge in [0.15, 0.2) is 12.4 Å². The van der Waals surface area contributed by atoms with E-state index in [9.17, 15) is 4.79 Å². The van der Waals surface area contributed by atoms with Crippen molar-refractivity contribution >= 4 is 5.97 Å². The predicted molar refractivity (Wildman–Crippen MR) is 49.9 cm³/mol. The van der Waals surface area contributed by atoms with Crippen LogP contribution in [0, 0.1) is 0 Å². The summed E-state index contributed by atoms with van der Waals surface area (Å²) in [5, 5.41) is 16.6. The zero-order valence-corrected chi connectivity index (χ0v) is 8.19. The number of carbonyl (C=O) groups is 1. The molecule has 0 aromatic rings. The van der Waals surface area contributed by atoms with Gasteiger partial charge in [0.1, 0.15) is 0 Å². The highest BCUT2D eigenvalue weighted by molar-refractivity contribution is 5.90. The van der Waals surface area contributed by atoms with Crippen LogP contribution in [-0.4, -0.2) is 24.2 Å². The monoisotopic (exact) mass is 198 g/mol. The number of esters is 1. The Kier molecular flexibility index (Phi) is 4.10. The first kappa shape index (κ1) is 10.7. The Morgan fingerprint density at radius 2 is 2.29 bits per heavy atom. The van der Waals surface area contributed by atoms with E-state index < -0.39 is 5.97 Å². The maximum absolute atomic E-state index is 10.9. The molecule has 0 unspecified atom stereocenters. The number of aliphatic hydroxyl groups is 1. The molecule has 1 N–H and O–H groups in total. The van der Waals surface area contributed by atoms with Gasteiger partial charge >= 0.3 is 5.97 Å². The Hall–Kier alpha value is -1.39. The zero-order valence-electron chi connectivity index (χ0n) is 8.19. The van der Waals surface area contributed by atoms with E-state index in [1.807, 2.05) is 0 Å². The number of unbranched alkanes of at least 4 members (excludes halogenated alkanes) is 2. The summed E-state index contributed by atoms with van der Waals surface area (Å²) in [5.41, 5.74) is -0.0542. The number of hydrogen-bond donors (Lipinski definition) is 1. The van der Waals surface area contributed by atoms with Crippen molar-refractivity contribution in [2.45, 2.75) is 26.2 Å². The van der Waals surface area contributed by atoms with Crippen molar-refractivity contribution in [1.29, 1.82) is 0 Å². The molecule has 0 saturated heterocycles. The van der Waals surface area contributed by atoms with Crippen LogP contribution in [-0.2, 0) is 9.53 Å². The van der Waals surface area contributed by atoms with Gasteiger partial charge in [0.2, 0.25) is 5.70 Å².